The first-order valence-electron chi connectivity index (χ1n) is 4.87. The average molecular weight is 248 g/mol. The van der Waals surface area contributed by atoms with Crippen LogP contribution in [0.1, 0.15) is 28.4 Å². The Balaban J connectivity index is 3.13. The monoisotopic (exact) mass is 248 g/mol. The van der Waals surface area contributed by atoms with Crippen LogP contribution >= 0.6 is 0 Å². The highest BCUT2D eigenvalue weighted by Gasteiger charge is 2.35. The second kappa shape index (κ2) is 5.18. The molecule has 1 rings (SSSR count). The maximum absolute atomic E-state index is 12.5. The molecular weight excluding hydrogens is 237 g/mol. The van der Waals surface area contributed by atoms with Crippen molar-refractivity contribution < 1.29 is 27.8 Å². The molecule has 0 fully saturated rings. The molecular formula is C11H11F3O3. The van der Waals surface area contributed by atoms with E-state index in [0.29, 0.717) is 12.2 Å². The molecule has 0 saturated carbocycles. The zero-order chi connectivity index (χ0) is 13.1. The van der Waals surface area contributed by atoms with Crippen molar-refractivity contribution in [1.82, 2.24) is 0 Å². The van der Waals surface area contributed by atoms with Crippen molar-refractivity contribution in [1.29, 1.82) is 0 Å². The van der Waals surface area contributed by atoms with Gasteiger partial charge in [-0.25, -0.2) is 4.79 Å². The standard InChI is InChI=1S/C11H11F3O3/c1-2-17-6-7-3-4-9(11(12,13)14)8(5-7)10(15)16/h3-5H,2,6H2,1H3,(H,15,16). The summed E-state index contributed by atoms with van der Waals surface area (Å²) in [5.41, 5.74) is -1.50. The van der Waals surface area contributed by atoms with E-state index in [2.05, 4.69) is 0 Å². The van der Waals surface area contributed by atoms with Crippen molar-refractivity contribution >= 4 is 5.97 Å². The summed E-state index contributed by atoms with van der Waals surface area (Å²) in [5, 5.41) is 8.74. The van der Waals surface area contributed by atoms with Gasteiger partial charge in [0.15, 0.2) is 0 Å². The van der Waals surface area contributed by atoms with Crippen molar-refractivity contribution in [3.8, 4) is 0 Å². The fourth-order valence-electron chi connectivity index (χ4n) is 1.33. The van der Waals surface area contributed by atoms with Crippen LogP contribution in [0.4, 0.5) is 13.2 Å². The Morgan fingerprint density at radius 3 is 2.53 bits per heavy atom. The first-order chi connectivity index (χ1) is 7.86. The van der Waals surface area contributed by atoms with E-state index in [9.17, 15) is 18.0 Å². The number of carbonyl (C=O) groups is 1. The highest BCUT2D eigenvalue weighted by atomic mass is 19.4. The SMILES string of the molecule is CCOCc1ccc(C(F)(F)F)c(C(=O)O)c1. The van der Waals surface area contributed by atoms with Gasteiger partial charge in [-0.15, -0.1) is 0 Å². The predicted molar refractivity (Wildman–Crippen MR) is 53.7 cm³/mol. The molecule has 94 valence electrons. The summed E-state index contributed by atoms with van der Waals surface area (Å²) in [6, 6.07) is 2.96. The van der Waals surface area contributed by atoms with E-state index in [-0.39, 0.29) is 6.61 Å². The summed E-state index contributed by atoms with van der Waals surface area (Å²) in [5.74, 6) is -1.60. The van der Waals surface area contributed by atoms with Crippen molar-refractivity contribution in [2.75, 3.05) is 6.61 Å². The number of aromatic carboxylic acids is 1. The van der Waals surface area contributed by atoms with Gasteiger partial charge in [-0.2, -0.15) is 13.2 Å². The van der Waals surface area contributed by atoms with Crippen molar-refractivity contribution in [2.45, 2.75) is 19.7 Å². The van der Waals surface area contributed by atoms with E-state index < -0.39 is 23.3 Å². The molecule has 1 N–H and O–H groups in total. The maximum atomic E-state index is 12.5. The summed E-state index contributed by atoms with van der Waals surface area (Å²) in [7, 11) is 0. The van der Waals surface area contributed by atoms with Crippen LogP contribution in [0.25, 0.3) is 0 Å². The molecule has 0 aromatic heterocycles. The van der Waals surface area contributed by atoms with Crippen LogP contribution in [0.15, 0.2) is 18.2 Å². The summed E-state index contributed by atoms with van der Waals surface area (Å²) >= 11 is 0. The quantitative estimate of drug-likeness (QED) is 0.891. The number of ether oxygens (including phenoxy) is 1. The van der Waals surface area contributed by atoms with E-state index in [4.69, 9.17) is 9.84 Å². The third-order valence-electron chi connectivity index (χ3n) is 2.09. The number of alkyl halides is 3. The summed E-state index contributed by atoms with van der Waals surface area (Å²) in [4.78, 5) is 10.8. The van der Waals surface area contributed by atoms with Gasteiger partial charge in [0.05, 0.1) is 17.7 Å². The Morgan fingerprint density at radius 1 is 1.41 bits per heavy atom. The second-order valence-corrected chi connectivity index (χ2v) is 3.32. The highest BCUT2D eigenvalue weighted by molar-refractivity contribution is 5.89. The predicted octanol–water partition coefficient (Wildman–Crippen LogP) is 2.94. The van der Waals surface area contributed by atoms with Gasteiger partial charge >= 0.3 is 12.1 Å². The molecule has 0 aliphatic heterocycles. The lowest BCUT2D eigenvalue weighted by molar-refractivity contribution is -0.138. The van der Waals surface area contributed by atoms with E-state index in [1.807, 2.05) is 0 Å². The van der Waals surface area contributed by atoms with Crippen LogP contribution in [0.2, 0.25) is 0 Å². The maximum Gasteiger partial charge on any atom is 0.417 e. The van der Waals surface area contributed by atoms with Crippen LogP contribution in [0.5, 0.6) is 0 Å². The van der Waals surface area contributed by atoms with Crippen LogP contribution in [0.3, 0.4) is 0 Å². The molecule has 1 aromatic carbocycles. The van der Waals surface area contributed by atoms with E-state index in [1.54, 1.807) is 6.92 Å². The fourth-order valence-corrected chi connectivity index (χ4v) is 1.33. The minimum absolute atomic E-state index is 0.0922. The van der Waals surface area contributed by atoms with Gasteiger partial charge in [0.1, 0.15) is 0 Å². The molecule has 0 amide bonds. The number of benzene rings is 1. The van der Waals surface area contributed by atoms with E-state index in [1.165, 1.54) is 6.07 Å². The summed E-state index contributed by atoms with van der Waals surface area (Å²) < 4.78 is 42.5. The zero-order valence-electron chi connectivity index (χ0n) is 9.04. The number of hydrogen-bond donors (Lipinski definition) is 1. The lowest BCUT2D eigenvalue weighted by Crippen LogP contribution is -2.13. The van der Waals surface area contributed by atoms with Gasteiger partial charge in [-0.3, -0.25) is 0 Å². The number of rotatable bonds is 4. The molecule has 3 nitrogen and oxygen atoms in total. The first-order valence-corrected chi connectivity index (χ1v) is 4.87. The lowest BCUT2D eigenvalue weighted by atomic mass is 10.0. The molecule has 0 heterocycles. The molecule has 0 aliphatic rings. The Labute approximate surface area is 95.8 Å². The van der Waals surface area contributed by atoms with Gasteiger partial charge in [-0.05, 0) is 24.6 Å². The molecule has 0 radical (unpaired) electrons. The van der Waals surface area contributed by atoms with Crippen molar-refractivity contribution in [3.05, 3.63) is 34.9 Å². The topological polar surface area (TPSA) is 46.5 Å². The number of halogens is 3. The lowest BCUT2D eigenvalue weighted by Gasteiger charge is -2.11. The van der Waals surface area contributed by atoms with Crippen LogP contribution in [0, 0.1) is 0 Å². The molecule has 0 saturated heterocycles. The number of carboxylic acids is 1. The van der Waals surface area contributed by atoms with Crippen molar-refractivity contribution in [2.24, 2.45) is 0 Å². The third kappa shape index (κ3) is 3.45. The fraction of sp³-hybridized carbons (Fsp3) is 0.364. The van der Waals surface area contributed by atoms with Gasteiger partial charge < -0.3 is 9.84 Å². The molecule has 0 bridgehead atoms. The van der Waals surface area contributed by atoms with Gasteiger partial charge in [-0.1, -0.05) is 6.07 Å². The molecule has 0 unspecified atom stereocenters. The molecule has 6 heteroatoms. The molecule has 0 spiro atoms. The summed E-state index contributed by atoms with van der Waals surface area (Å²) in [6.45, 7) is 2.24. The van der Waals surface area contributed by atoms with Gasteiger partial charge in [0, 0.05) is 6.61 Å². The van der Waals surface area contributed by atoms with Crippen LogP contribution in [-0.2, 0) is 17.5 Å². The zero-order valence-corrected chi connectivity index (χ0v) is 9.04. The smallest absolute Gasteiger partial charge is 0.417 e. The number of carboxylic acid groups (broad SMARTS) is 1. The first kappa shape index (κ1) is 13.5. The van der Waals surface area contributed by atoms with Crippen LogP contribution < -0.4 is 0 Å². The molecule has 17 heavy (non-hydrogen) atoms. The second-order valence-electron chi connectivity index (χ2n) is 3.32. The Bertz CT molecular complexity index is 413. The Morgan fingerprint density at radius 2 is 2.06 bits per heavy atom. The minimum Gasteiger partial charge on any atom is -0.478 e. The number of hydrogen-bond acceptors (Lipinski definition) is 2. The highest BCUT2D eigenvalue weighted by Crippen LogP contribution is 2.32. The molecule has 1 aromatic rings. The minimum atomic E-state index is -4.67. The van der Waals surface area contributed by atoms with Gasteiger partial charge in [0.25, 0.3) is 0 Å². The van der Waals surface area contributed by atoms with Crippen LogP contribution in [-0.4, -0.2) is 17.7 Å². The average Bonchev–Trinajstić information content (AvgIpc) is 2.24. The largest absolute Gasteiger partial charge is 0.478 e. The van der Waals surface area contributed by atoms with Crippen molar-refractivity contribution in [3.63, 3.8) is 0 Å². The molecule has 0 aliphatic carbocycles. The third-order valence-corrected chi connectivity index (χ3v) is 2.09. The van der Waals surface area contributed by atoms with E-state index >= 15 is 0 Å². The van der Waals surface area contributed by atoms with E-state index in [0.717, 1.165) is 12.1 Å². The van der Waals surface area contributed by atoms with Gasteiger partial charge in [0.2, 0.25) is 0 Å². The summed E-state index contributed by atoms with van der Waals surface area (Å²) in [6.07, 6.45) is -4.67. The Kier molecular flexibility index (Phi) is 4.11. The normalized spacial score (nSPS) is 11.5. The molecule has 0 atom stereocenters. The Hall–Kier alpha value is -1.56.